The van der Waals surface area contributed by atoms with Gasteiger partial charge in [-0.3, -0.25) is 19.8 Å². The van der Waals surface area contributed by atoms with Gasteiger partial charge in [0.1, 0.15) is 0 Å². The molecule has 1 aromatic rings. The summed E-state index contributed by atoms with van der Waals surface area (Å²) in [6, 6.07) is 5.08. The summed E-state index contributed by atoms with van der Waals surface area (Å²) < 4.78 is 0. The van der Waals surface area contributed by atoms with Crippen molar-refractivity contribution in [2.75, 3.05) is 31.1 Å². The third kappa shape index (κ3) is 2.95. The summed E-state index contributed by atoms with van der Waals surface area (Å²) in [5, 5.41) is 20.0. The van der Waals surface area contributed by atoms with Crippen LogP contribution in [0, 0.1) is 10.1 Å². The number of hydrogen-bond donors (Lipinski definition) is 1. The van der Waals surface area contributed by atoms with E-state index in [1.807, 2.05) is 4.90 Å². The lowest BCUT2D eigenvalue weighted by atomic mass is 10.1. The van der Waals surface area contributed by atoms with Gasteiger partial charge in [-0.05, 0) is 24.8 Å². The average Bonchev–Trinajstić information content (AvgIpc) is 3.25. The molecule has 0 saturated heterocycles. The van der Waals surface area contributed by atoms with Gasteiger partial charge in [-0.1, -0.05) is 6.07 Å². The van der Waals surface area contributed by atoms with Gasteiger partial charge < -0.3 is 10.0 Å². The normalized spacial score (nSPS) is 16.9. The van der Waals surface area contributed by atoms with Crippen LogP contribution in [0.3, 0.4) is 0 Å². The summed E-state index contributed by atoms with van der Waals surface area (Å²) in [6.45, 7) is 1.35. The number of fused-ring (bicyclic) bond motifs is 1. The number of rotatable bonds is 6. The van der Waals surface area contributed by atoms with Crippen molar-refractivity contribution in [3.63, 3.8) is 0 Å². The van der Waals surface area contributed by atoms with Crippen LogP contribution in [0.2, 0.25) is 0 Å². The van der Waals surface area contributed by atoms with Gasteiger partial charge in [-0.25, -0.2) is 0 Å². The molecule has 0 spiro atoms. The fourth-order valence-electron chi connectivity index (χ4n) is 2.96. The Morgan fingerprint density at radius 2 is 2.23 bits per heavy atom. The number of carbonyl (C=O) groups is 1. The Hall–Kier alpha value is -1.99. The Balaban J connectivity index is 1.75. The number of carbonyl (C=O) groups excluding carboxylic acids is 1. The molecular formula is C15H19N3O4. The van der Waals surface area contributed by atoms with E-state index in [4.69, 9.17) is 5.11 Å². The van der Waals surface area contributed by atoms with E-state index < -0.39 is 4.92 Å². The largest absolute Gasteiger partial charge is 0.395 e. The zero-order valence-corrected chi connectivity index (χ0v) is 12.3. The van der Waals surface area contributed by atoms with Crippen molar-refractivity contribution in [1.29, 1.82) is 0 Å². The van der Waals surface area contributed by atoms with Crippen molar-refractivity contribution in [3.8, 4) is 0 Å². The van der Waals surface area contributed by atoms with Crippen molar-refractivity contribution in [1.82, 2.24) is 4.90 Å². The molecule has 2 aliphatic rings. The summed E-state index contributed by atoms with van der Waals surface area (Å²) in [6.07, 6.45) is 2.85. The number of hydrogen-bond acceptors (Lipinski definition) is 5. The van der Waals surface area contributed by atoms with Crippen molar-refractivity contribution < 1.29 is 14.8 Å². The van der Waals surface area contributed by atoms with Crippen LogP contribution in [0.5, 0.6) is 0 Å². The lowest BCUT2D eigenvalue weighted by molar-refractivity contribution is -0.384. The zero-order chi connectivity index (χ0) is 15.7. The molecule has 0 aromatic heterocycles. The highest BCUT2D eigenvalue weighted by atomic mass is 16.6. The molecule has 0 unspecified atom stereocenters. The first-order valence-electron chi connectivity index (χ1n) is 7.52. The van der Waals surface area contributed by atoms with Crippen LogP contribution in [0.4, 0.5) is 11.4 Å². The molecule has 1 aliphatic carbocycles. The summed E-state index contributed by atoms with van der Waals surface area (Å²) in [5.41, 5.74) is 1.63. The van der Waals surface area contributed by atoms with Gasteiger partial charge in [0.25, 0.3) is 5.69 Å². The third-order valence-corrected chi connectivity index (χ3v) is 4.27. The maximum Gasteiger partial charge on any atom is 0.271 e. The Kier molecular flexibility index (Phi) is 4.08. The van der Waals surface area contributed by atoms with Gasteiger partial charge in [0, 0.05) is 31.3 Å². The van der Waals surface area contributed by atoms with Crippen molar-refractivity contribution in [3.05, 3.63) is 33.9 Å². The van der Waals surface area contributed by atoms with E-state index in [1.54, 1.807) is 11.0 Å². The van der Waals surface area contributed by atoms with Crippen LogP contribution < -0.4 is 4.90 Å². The van der Waals surface area contributed by atoms with Crippen LogP contribution in [-0.4, -0.2) is 53.1 Å². The number of non-ortho nitro benzene ring substituents is 1. The third-order valence-electron chi connectivity index (χ3n) is 4.27. The molecule has 1 N–H and O–H groups in total. The van der Waals surface area contributed by atoms with Crippen LogP contribution >= 0.6 is 0 Å². The molecule has 22 heavy (non-hydrogen) atoms. The minimum Gasteiger partial charge on any atom is -0.395 e. The standard InChI is InChI=1S/C15H19N3O4/c19-8-7-16(12-3-4-12)10-15(20)17-6-5-11-1-2-13(18(21)22)9-14(11)17/h1-2,9,12,19H,3-8,10H2. The molecule has 3 rings (SSSR count). The number of nitro groups is 1. The fraction of sp³-hybridized carbons (Fsp3) is 0.533. The molecule has 1 amide bonds. The molecule has 0 atom stereocenters. The van der Waals surface area contributed by atoms with Crippen molar-refractivity contribution >= 4 is 17.3 Å². The number of aliphatic hydroxyl groups is 1. The lowest BCUT2D eigenvalue weighted by Crippen LogP contribution is -2.41. The van der Waals surface area contributed by atoms with E-state index in [0.717, 1.165) is 24.8 Å². The Morgan fingerprint density at radius 1 is 1.45 bits per heavy atom. The SMILES string of the molecule is O=C(CN(CCO)C1CC1)N1CCc2ccc([N+](=O)[O-])cc21. The van der Waals surface area contributed by atoms with Gasteiger partial charge >= 0.3 is 0 Å². The van der Waals surface area contributed by atoms with E-state index in [0.29, 0.717) is 24.8 Å². The van der Waals surface area contributed by atoms with E-state index in [9.17, 15) is 14.9 Å². The molecule has 118 valence electrons. The maximum absolute atomic E-state index is 12.5. The first-order chi connectivity index (χ1) is 10.6. The average molecular weight is 305 g/mol. The topological polar surface area (TPSA) is 86.9 Å². The molecule has 0 bridgehead atoms. The first-order valence-corrected chi connectivity index (χ1v) is 7.52. The molecule has 1 aliphatic heterocycles. The molecule has 1 fully saturated rings. The molecule has 1 heterocycles. The highest BCUT2D eigenvalue weighted by Gasteiger charge is 2.33. The minimum absolute atomic E-state index is 0.00728. The Bertz CT molecular complexity index is 600. The van der Waals surface area contributed by atoms with E-state index in [1.165, 1.54) is 12.1 Å². The smallest absolute Gasteiger partial charge is 0.271 e. The summed E-state index contributed by atoms with van der Waals surface area (Å²) in [4.78, 5) is 26.6. The number of amides is 1. The lowest BCUT2D eigenvalue weighted by Gasteiger charge is -2.24. The van der Waals surface area contributed by atoms with Crippen LogP contribution in [0.1, 0.15) is 18.4 Å². The highest BCUT2D eigenvalue weighted by molar-refractivity contribution is 5.97. The first kappa shape index (κ1) is 14.9. The van der Waals surface area contributed by atoms with Crippen molar-refractivity contribution in [2.24, 2.45) is 0 Å². The van der Waals surface area contributed by atoms with E-state index in [2.05, 4.69) is 0 Å². The predicted molar refractivity (Wildman–Crippen MR) is 80.8 cm³/mol. The molecule has 1 aromatic carbocycles. The van der Waals surface area contributed by atoms with Gasteiger partial charge in [0.15, 0.2) is 0 Å². The monoisotopic (exact) mass is 305 g/mol. The molecule has 7 nitrogen and oxygen atoms in total. The molecule has 1 saturated carbocycles. The molecular weight excluding hydrogens is 286 g/mol. The van der Waals surface area contributed by atoms with Gasteiger partial charge in [0.2, 0.25) is 5.91 Å². The second-order valence-corrected chi connectivity index (χ2v) is 5.79. The summed E-state index contributed by atoms with van der Waals surface area (Å²) in [5.74, 6) is -0.0559. The zero-order valence-electron chi connectivity index (χ0n) is 12.3. The number of nitro benzene ring substituents is 1. The van der Waals surface area contributed by atoms with Crippen molar-refractivity contribution in [2.45, 2.75) is 25.3 Å². The predicted octanol–water partition coefficient (Wildman–Crippen LogP) is 0.941. The van der Waals surface area contributed by atoms with Gasteiger partial charge in [0.05, 0.1) is 23.8 Å². The maximum atomic E-state index is 12.5. The molecule has 7 heteroatoms. The summed E-state index contributed by atoms with van der Waals surface area (Å²) >= 11 is 0. The van der Waals surface area contributed by atoms with Gasteiger partial charge in [-0.2, -0.15) is 0 Å². The second-order valence-electron chi connectivity index (χ2n) is 5.79. The second kappa shape index (κ2) is 6.02. The number of benzene rings is 1. The van der Waals surface area contributed by atoms with Crippen LogP contribution in [0.15, 0.2) is 18.2 Å². The highest BCUT2D eigenvalue weighted by Crippen LogP contribution is 2.32. The van der Waals surface area contributed by atoms with Gasteiger partial charge in [-0.15, -0.1) is 0 Å². The quantitative estimate of drug-likeness (QED) is 0.624. The van der Waals surface area contributed by atoms with Crippen LogP contribution in [0.25, 0.3) is 0 Å². The Labute approximate surface area is 128 Å². The number of nitrogens with zero attached hydrogens (tertiary/aromatic N) is 3. The van der Waals surface area contributed by atoms with E-state index >= 15 is 0 Å². The Morgan fingerprint density at radius 3 is 2.86 bits per heavy atom. The number of anilines is 1. The minimum atomic E-state index is -0.441. The molecule has 0 radical (unpaired) electrons. The summed E-state index contributed by atoms with van der Waals surface area (Å²) in [7, 11) is 0. The fourth-order valence-corrected chi connectivity index (χ4v) is 2.96. The number of aliphatic hydroxyl groups excluding tert-OH is 1. The van der Waals surface area contributed by atoms with E-state index in [-0.39, 0.29) is 24.7 Å². The van der Waals surface area contributed by atoms with Crippen LogP contribution in [-0.2, 0) is 11.2 Å².